The van der Waals surface area contributed by atoms with Crippen molar-refractivity contribution in [2.75, 3.05) is 0 Å². The van der Waals surface area contributed by atoms with E-state index in [2.05, 4.69) is 4.74 Å². The Labute approximate surface area is 92.0 Å². The van der Waals surface area contributed by atoms with Gasteiger partial charge in [0.1, 0.15) is 10.7 Å². The van der Waals surface area contributed by atoms with E-state index >= 15 is 0 Å². The third-order valence-corrected chi connectivity index (χ3v) is 2.77. The van der Waals surface area contributed by atoms with Crippen molar-refractivity contribution in [1.29, 1.82) is 0 Å². The highest BCUT2D eigenvalue weighted by atomic mass is 35.7. The Balaban J connectivity index is 3.38. The number of benzene rings is 1. The maximum atomic E-state index is 13.2. The van der Waals surface area contributed by atoms with E-state index in [9.17, 15) is 26.0 Å². The minimum atomic E-state index is -4.58. The maximum Gasteiger partial charge on any atom is 0.387 e. The summed E-state index contributed by atoms with van der Waals surface area (Å²) in [5.41, 5.74) is 0. The molecule has 1 aromatic carbocycles. The average molecular weight is 279 g/mol. The molecule has 0 aliphatic rings. The van der Waals surface area contributed by atoms with Crippen LogP contribution in [0.3, 0.4) is 0 Å². The van der Waals surface area contributed by atoms with Crippen LogP contribution in [0.2, 0.25) is 0 Å². The van der Waals surface area contributed by atoms with Gasteiger partial charge in [-0.05, 0) is 6.07 Å². The molecule has 1 rings (SSSR count). The van der Waals surface area contributed by atoms with Crippen molar-refractivity contribution in [3.8, 4) is 5.75 Å². The van der Waals surface area contributed by atoms with Gasteiger partial charge in [-0.3, -0.25) is 0 Å². The van der Waals surface area contributed by atoms with Crippen LogP contribution in [-0.2, 0) is 9.05 Å². The molecule has 0 saturated heterocycles. The van der Waals surface area contributed by atoms with Gasteiger partial charge in [0, 0.05) is 16.7 Å². The van der Waals surface area contributed by atoms with Crippen molar-refractivity contribution in [1.82, 2.24) is 0 Å². The Morgan fingerprint density at radius 1 is 1.25 bits per heavy atom. The molecule has 0 saturated carbocycles. The Morgan fingerprint density at radius 3 is 2.25 bits per heavy atom. The monoisotopic (exact) mass is 278 g/mol. The molecule has 1 aromatic rings. The zero-order valence-electron chi connectivity index (χ0n) is 7.25. The largest absolute Gasteiger partial charge is 0.432 e. The predicted octanol–water partition coefficient (Wildman–Crippen LogP) is 2.49. The summed E-state index contributed by atoms with van der Waals surface area (Å²) in [6, 6.07) is 0.545. The van der Waals surface area contributed by atoms with E-state index < -0.39 is 37.9 Å². The predicted molar refractivity (Wildman–Crippen MR) is 46.0 cm³/mol. The topological polar surface area (TPSA) is 43.4 Å². The molecule has 0 aliphatic carbocycles. The Morgan fingerprint density at radius 2 is 1.81 bits per heavy atom. The van der Waals surface area contributed by atoms with E-state index in [1.54, 1.807) is 0 Å². The normalized spacial score (nSPS) is 11.9. The van der Waals surface area contributed by atoms with Crippen LogP contribution in [0.1, 0.15) is 0 Å². The van der Waals surface area contributed by atoms with E-state index in [1.807, 2.05) is 0 Å². The molecule has 0 fully saturated rings. The fourth-order valence-electron chi connectivity index (χ4n) is 0.899. The zero-order chi connectivity index (χ0) is 12.5. The van der Waals surface area contributed by atoms with Gasteiger partial charge in [0.15, 0.2) is 11.6 Å². The molecule has 0 radical (unpaired) electrons. The first-order valence-electron chi connectivity index (χ1n) is 3.60. The van der Waals surface area contributed by atoms with Crippen LogP contribution >= 0.6 is 10.7 Å². The van der Waals surface area contributed by atoms with E-state index in [-0.39, 0.29) is 12.1 Å². The minimum Gasteiger partial charge on any atom is -0.432 e. The van der Waals surface area contributed by atoms with Gasteiger partial charge in [-0.1, -0.05) is 0 Å². The minimum absolute atomic E-state index is 0.260. The molecule has 0 aromatic heterocycles. The molecular formula is C7H3ClF4O3S. The lowest BCUT2D eigenvalue weighted by molar-refractivity contribution is -0.0526. The summed E-state index contributed by atoms with van der Waals surface area (Å²) in [4.78, 5) is -1.26. The number of hydrogen-bond acceptors (Lipinski definition) is 3. The van der Waals surface area contributed by atoms with Gasteiger partial charge in [-0.15, -0.1) is 0 Å². The Kier molecular flexibility index (Phi) is 3.64. The van der Waals surface area contributed by atoms with Crippen molar-refractivity contribution >= 4 is 19.7 Å². The fourth-order valence-corrected chi connectivity index (χ4v) is 1.80. The number of halogens is 5. The number of hydrogen-bond donors (Lipinski definition) is 0. The summed E-state index contributed by atoms with van der Waals surface area (Å²) in [6.07, 6.45) is 0. The van der Waals surface area contributed by atoms with Gasteiger partial charge in [0.2, 0.25) is 0 Å². The molecule has 0 heterocycles. The Hall–Kier alpha value is -1.02. The van der Waals surface area contributed by atoms with Gasteiger partial charge in [-0.25, -0.2) is 17.2 Å². The molecule has 0 atom stereocenters. The van der Waals surface area contributed by atoms with Crippen LogP contribution in [0, 0.1) is 11.6 Å². The van der Waals surface area contributed by atoms with Crippen LogP contribution in [0.5, 0.6) is 5.75 Å². The van der Waals surface area contributed by atoms with E-state index in [0.717, 1.165) is 0 Å². The van der Waals surface area contributed by atoms with Crippen LogP contribution in [0.4, 0.5) is 17.6 Å². The summed E-state index contributed by atoms with van der Waals surface area (Å²) < 4.78 is 74.6. The summed E-state index contributed by atoms with van der Waals surface area (Å²) in [7, 11) is 0.185. The number of ether oxygens (including phenoxy) is 1. The quantitative estimate of drug-likeness (QED) is 0.630. The highest BCUT2D eigenvalue weighted by molar-refractivity contribution is 8.13. The number of rotatable bonds is 3. The van der Waals surface area contributed by atoms with Crippen molar-refractivity contribution < 1.29 is 30.7 Å². The van der Waals surface area contributed by atoms with Crippen molar-refractivity contribution in [2.24, 2.45) is 0 Å². The second kappa shape index (κ2) is 4.46. The molecule has 16 heavy (non-hydrogen) atoms. The highest BCUT2D eigenvalue weighted by Crippen LogP contribution is 2.29. The molecular weight excluding hydrogens is 276 g/mol. The fraction of sp³-hybridized carbons (Fsp3) is 0.143. The molecule has 0 N–H and O–H groups in total. The van der Waals surface area contributed by atoms with Crippen LogP contribution < -0.4 is 4.74 Å². The highest BCUT2D eigenvalue weighted by Gasteiger charge is 2.23. The molecule has 0 aliphatic heterocycles. The van der Waals surface area contributed by atoms with E-state index in [4.69, 9.17) is 10.7 Å². The molecule has 3 nitrogen and oxygen atoms in total. The van der Waals surface area contributed by atoms with E-state index in [1.165, 1.54) is 0 Å². The lowest BCUT2D eigenvalue weighted by Gasteiger charge is -2.07. The number of alkyl halides is 2. The third-order valence-electron chi connectivity index (χ3n) is 1.45. The summed E-state index contributed by atoms with van der Waals surface area (Å²) in [6.45, 7) is -3.41. The molecule has 9 heteroatoms. The van der Waals surface area contributed by atoms with Gasteiger partial charge < -0.3 is 4.74 Å². The second-order valence-electron chi connectivity index (χ2n) is 2.53. The van der Waals surface area contributed by atoms with Crippen molar-refractivity contribution in [3.05, 3.63) is 23.8 Å². The van der Waals surface area contributed by atoms with Gasteiger partial charge in [0.25, 0.3) is 9.05 Å². The second-order valence-corrected chi connectivity index (χ2v) is 5.07. The third kappa shape index (κ3) is 2.99. The lowest BCUT2D eigenvalue weighted by Crippen LogP contribution is -2.07. The van der Waals surface area contributed by atoms with Crippen molar-refractivity contribution in [3.63, 3.8) is 0 Å². The molecule has 0 amide bonds. The average Bonchev–Trinajstić information content (AvgIpc) is 2.07. The molecule has 90 valence electrons. The van der Waals surface area contributed by atoms with Crippen LogP contribution in [0.25, 0.3) is 0 Å². The molecule has 0 bridgehead atoms. The van der Waals surface area contributed by atoms with Crippen LogP contribution in [0.15, 0.2) is 17.0 Å². The zero-order valence-corrected chi connectivity index (χ0v) is 8.83. The maximum absolute atomic E-state index is 13.2. The molecule has 0 spiro atoms. The first-order valence-corrected chi connectivity index (χ1v) is 5.91. The first kappa shape index (κ1) is 13.0. The van der Waals surface area contributed by atoms with E-state index in [0.29, 0.717) is 0 Å². The van der Waals surface area contributed by atoms with Gasteiger partial charge in [0.05, 0.1) is 0 Å². The smallest absolute Gasteiger partial charge is 0.387 e. The van der Waals surface area contributed by atoms with Gasteiger partial charge >= 0.3 is 6.61 Å². The summed E-state index contributed by atoms with van der Waals surface area (Å²) in [5.74, 6) is -4.16. The summed E-state index contributed by atoms with van der Waals surface area (Å²) >= 11 is 0. The summed E-state index contributed by atoms with van der Waals surface area (Å²) in [5, 5.41) is 0. The molecule has 0 unspecified atom stereocenters. The standard InChI is InChI=1S/C7H3ClF4O3S/c8-16(13,14)5-2-3(9)1-4(6(5)10)15-7(11)12/h1-2,7H. The first-order chi connectivity index (χ1) is 7.21. The van der Waals surface area contributed by atoms with Crippen molar-refractivity contribution in [2.45, 2.75) is 11.5 Å². The Bertz CT molecular complexity index is 503. The van der Waals surface area contributed by atoms with Gasteiger partial charge in [-0.2, -0.15) is 8.78 Å². The van der Waals surface area contributed by atoms with Crippen LogP contribution in [-0.4, -0.2) is 15.0 Å². The lowest BCUT2D eigenvalue weighted by atomic mass is 10.3. The SMILES string of the molecule is O=S(=O)(Cl)c1cc(F)cc(OC(F)F)c1F.